The molecular formula is C13H14BrN3OS. The van der Waals surface area contributed by atoms with Crippen LogP contribution in [0.5, 0.6) is 0 Å². The second-order valence-electron chi connectivity index (χ2n) is 4.23. The molecule has 19 heavy (non-hydrogen) atoms. The highest BCUT2D eigenvalue weighted by Gasteiger charge is 2.14. The van der Waals surface area contributed by atoms with Crippen LogP contribution < -0.4 is 11.1 Å². The van der Waals surface area contributed by atoms with E-state index in [1.807, 2.05) is 32.0 Å². The molecule has 1 aromatic heterocycles. The SMILES string of the molecule is Cc1c(Br)cccc1NC(=O)c1csc(C(C)N)n1. The molecule has 100 valence electrons. The van der Waals surface area contributed by atoms with Crippen molar-refractivity contribution in [3.8, 4) is 0 Å². The van der Waals surface area contributed by atoms with E-state index in [-0.39, 0.29) is 11.9 Å². The molecule has 2 aromatic rings. The number of nitrogens with two attached hydrogens (primary N) is 1. The van der Waals surface area contributed by atoms with Crippen LogP contribution in [0.4, 0.5) is 5.69 Å². The third-order valence-corrected chi connectivity index (χ3v) is 4.56. The number of halogens is 1. The van der Waals surface area contributed by atoms with E-state index in [9.17, 15) is 4.79 Å². The zero-order valence-electron chi connectivity index (χ0n) is 10.6. The average molecular weight is 340 g/mol. The second-order valence-corrected chi connectivity index (χ2v) is 5.97. The van der Waals surface area contributed by atoms with E-state index >= 15 is 0 Å². The minimum atomic E-state index is -0.218. The molecule has 0 bridgehead atoms. The van der Waals surface area contributed by atoms with E-state index in [4.69, 9.17) is 5.73 Å². The summed E-state index contributed by atoms with van der Waals surface area (Å²) in [6.45, 7) is 3.78. The normalized spacial score (nSPS) is 12.2. The first kappa shape index (κ1) is 14.2. The largest absolute Gasteiger partial charge is 0.322 e. The van der Waals surface area contributed by atoms with Gasteiger partial charge in [-0.15, -0.1) is 11.3 Å². The maximum Gasteiger partial charge on any atom is 0.275 e. The van der Waals surface area contributed by atoms with Crippen molar-refractivity contribution in [1.29, 1.82) is 0 Å². The monoisotopic (exact) mass is 339 g/mol. The number of rotatable bonds is 3. The van der Waals surface area contributed by atoms with Crippen LogP contribution >= 0.6 is 27.3 Å². The number of hydrogen-bond acceptors (Lipinski definition) is 4. The maximum absolute atomic E-state index is 12.1. The summed E-state index contributed by atoms with van der Waals surface area (Å²) in [4.78, 5) is 16.3. The molecular weight excluding hydrogens is 326 g/mol. The summed E-state index contributed by atoms with van der Waals surface area (Å²) in [6.07, 6.45) is 0. The summed E-state index contributed by atoms with van der Waals surface area (Å²) < 4.78 is 0.958. The van der Waals surface area contributed by atoms with Gasteiger partial charge in [0.15, 0.2) is 0 Å². The van der Waals surface area contributed by atoms with Gasteiger partial charge in [0.1, 0.15) is 10.7 Å². The first-order valence-electron chi connectivity index (χ1n) is 5.76. The summed E-state index contributed by atoms with van der Waals surface area (Å²) in [6, 6.07) is 5.51. The highest BCUT2D eigenvalue weighted by Crippen LogP contribution is 2.24. The Labute approximate surface area is 124 Å². The van der Waals surface area contributed by atoms with Crippen molar-refractivity contribution >= 4 is 38.9 Å². The summed E-state index contributed by atoms with van der Waals surface area (Å²) >= 11 is 4.83. The number of anilines is 1. The molecule has 0 radical (unpaired) electrons. The number of nitrogens with zero attached hydrogens (tertiary/aromatic N) is 1. The van der Waals surface area contributed by atoms with E-state index in [1.165, 1.54) is 11.3 Å². The number of amides is 1. The van der Waals surface area contributed by atoms with Crippen molar-refractivity contribution in [2.75, 3.05) is 5.32 Å². The van der Waals surface area contributed by atoms with Crippen molar-refractivity contribution in [3.63, 3.8) is 0 Å². The number of benzene rings is 1. The number of nitrogens with one attached hydrogen (secondary N) is 1. The topological polar surface area (TPSA) is 68.0 Å². The van der Waals surface area contributed by atoms with E-state index in [0.29, 0.717) is 5.69 Å². The van der Waals surface area contributed by atoms with Gasteiger partial charge in [-0.2, -0.15) is 0 Å². The molecule has 3 N–H and O–H groups in total. The van der Waals surface area contributed by atoms with Gasteiger partial charge in [-0.05, 0) is 31.5 Å². The Bertz CT molecular complexity index is 610. The van der Waals surface area contributed by atoms with Crippen molar-refractivity contribution in [2.24, 2.45) is 5.73 Å². The molecule has 6 heteroatoms. The molecule has 4 nitrogen and oxygen atoms in total. The highest BCUT2D eigenvalue weighted by molar-refractivity contribution is 9.10. The number of thiazole rings is 1. The number of hydrogen-bond donors (Lipinski definition) is 2. The van der Waals surface area contributed by atoms with Crippen LogP contribution in [0, 0.1) is 6.92 Å². The molecule has 0 fully saturated rings. The molecule has 1 amide bonds. The van der Waals surface area contributed by atoms with Crippen molar-refractivity contribution in [3.05, 3.63) is 44.3 Å². The lowest BCUT2D eigenvalue weighted by Crippen LogP contribution is -2.14. The first-order valence-corrected chi connectivity index (χ1v) is 7.43. The summed E-state index contributed by atoms with van der Waals surface area (Å²) in [5.41, 5.74) is 7.89. The van der Waals surface area contributed by atoms with Crippen LogP contribution in [0.25, 0.3) is 0 Å². The van der Waals surface area contributed by atoms with Gasteiger partial charge >= 0.3 is 0 Å². The summed E-state index contributed by atoms with van der Waals surface area (Å²) in [5, 5.41) is 5.34. The van der Waals surface area contributed by atoms with E-state index in [1.54, 1.807) is 5.38 Å². The molecule has 0 spiro atoms. The molecule has 2 rings (SSSR count). The molecule has 1 atom stereocenters. The lowest BCUT2D eigenvalue weighted by molar-refractivity contribution is 0.102. The van der Waals surface area contributed by atoms with Gasteiger partial charge in [0.25, 0.3) is 5.91 Å². The zero-order valence-corrected chi connectivity index (χ0v) is 13.0. The maximum atomic E-state index is 12.1. The van der Waals surface area contributed by atoms with Crippen molar-refractivity contribution < 1.29 is 4.79 Å². The minimum absolute atomic E-state index is 0.154. The van der Waals surface area contributed by atoms with Gasteiger partial charge in [-0.25, -0.2) is 4.98 Å². The Morgan fingerprint density at radius 1 is 1.53 bits per heavy atom. The summed E-state index contributed by atoms with van der Waals surface area (Å²) in [7, 11) is 0. The Morgan fingerprint density at radius 3 is 2.89 bits per heavy atom. The Hall–Kier alpha value is -1.24. The first-order chi connectivity index (χ1) is 8.99. The number of aromatic nitrogens is 1. The van der Waals surface area contributed by atoms with Gasteiger partial charge in [0.2, 0.25) is 0 Å². The minimum Gasteiger partial charge on any atom is -0.322 e. The molecule has 1 unspecified atom stereocenters. The Morgan fingerprint density at radius 2 is 2.26 bits per heavy atom. The van der Waals surface area contributed by atoms with Gasteiger partial charge in [0.05, 0.1) is 6.04 Å². The predicted octanol–water partition coefficient (Wildman–Crippen LogP) is 3.49. The smallest absolute Gasteiger partial charge is 0.275 e. The lowest BCUT2D eigenvalue weighted by atomic mass is 10.2. The van der Waals surface area contributed by atoms with Crippen LogP contribution in [0.1, 0.15) is 34.0 Å². The fraction of sp³-hybridized carbons (Fsp3) is 0.231. The summed E-state index contributed by atoms with van der Waals surface area (Å²) in [5.74, 6) is -0.218. The molecule has 1 heterocycles. The van der Waals surface area contributed by atoms with Crippen molar-refractivity contribution in [1.82, 2.24) is 4.98 Å². The number of carbonyl (C=O) groups is 1. The van der Waals surface area contributed by atoms with Crippen molar-refractivity contribution in [2.45, 2.75) is 19.9 Å². The quantitative estimate of drug-likeness (QED) is 0.899. The highest BCUT2D eigenvalue weighted by atomic mass is 79.9. The van der Waals surface area contributed by atoms with E-state index in [0.717, 1.165) is 20.7 Å². The van der Waals surface area contributed by atoms with E-state index < -0.39 is 0 Å². The molecule has 0 saturated carbocycles. The molecule has 0 aliphatic rings. The third-order valence-electron chi connectivity index (χ3n) is 2.66. The predicted molar refractivity (Wildman–Crippen MR) is 81.5 cm³/mol. The molecule has 0 aliphatic heterocycles. The third kappa shape index (κ3) is 3.20. The standard InChI is InChI=1S/C13H14BrN3OS/c1-7-9(14)4-3-5-10(7)16-12(18)11-6-19-13(17-11)8(2)15/h3-6,8H,15H2,1-2H3,(H,16,18). The van der Waals surface area contributed by atoms with Gasteiger partial charge < -0.3 is 11.1 Å². The second kappa shape index (κ2) is 5.81. The molecule has 0 aliphatic carbocycles. The number of carbonyl (C=O) groups excluding carboxylic acids is 1. The zero-order chi connectivity index (χ0) is 14.0. The molecule has 0 saturated heterocycles. The van der Waals surface area contributed by atoms with Gasteiger partial charge in [0, 0.05) is 15.5 Å². The fourth-order valence-corrected chi connectivity index (χ4v) is 2.65. The Balaban J connectivity index is 2.18. The fourth-order valence-electron chi connectivity index (χ4n) is 1.53. The van der Waals surface area contributed by atoms with Gasteiger partial charge in [-0.3, -0.25) is 4.79 Å². The van der Waals surface area contributed by atoms with Crippen LogP contribution in [0.2, 0.25) is 0 Å². The van der Waals surface area contributed by atoms with Crippen LogP contribution in [-0.4, -0.2) is 10.9 Å². The molecule has 1 aromatic carbocycles. The van der Waals surface area contributed by atoms with Gasteiger partial charge in [-0.1, -0.05) is 22.0 Å². The lowest BCUT2D eigenvalue weighted by Gasteiger charge is -2.08. The van der Waals surface area contributed by atoms with Crippen LogP contribution in [0.15, 0.2) is 28.1 Å². The van der Waals surface area contributed by atoms with E-state index in [2.05, 4.69) is 26.2 Å². The average Bonchev–Trinajstić information content (AvgIpc) is 2.84. The Kier molecular flexibility index (Phi) is 4.34. The van der Waals surface area contributed by atoms with Crippen LogP contribution in [-0.2, 0) is 0 Å². The van der Waals surface area contributed by atoms with Crippen LogP contribution in [0.3, 0.4) is 0 Å².